The summed E-state index contributed by atoms with van der Waals surface area (Å²) in [5.41, 5.74) is 1.71. The maximum atomic E-state index is 13.4. The van der Waals surface area contributed by atoms with Gasteiger partial charge in [-0.3, -0.25) is 9.69 Å². The van der Waals surface area contributed by atoms with Gasteiger partial charge in [-0.25, -0.2) is 13.8 Å². The lowest BCUT2D eigenvalue weighted by molar-refractivity contribution is -0.117. The van der Waals surface area contributed by atoms with Crippen LogP contribution in [-0.4, -0.2) is 48.2 Å². The quantitative estimate of drug-likeness (QED) is 0.567. The minimum Gasteiger partial charge on any atom is -0.497 e. The Hall–Kier alpha value is -2.88. The molecule has 1 atom stereocenters. The average Bonchev–Trinajstić information content (AvgIpc) is 3.19. The third-order valence-electron chi connectivity index (χ3n) is 4.56. The standard InChI is InChI=1S/C21H21F2N3O3S/c1-26(19(11-27)13-3-6-15(29-2)7-4-13)10-20(28)25-21-24-18(12-30-21)14-5-8-16(22)17(23)9-14/h3-9,12,19,27H,10-11H2,1-2H3,(H,24,25,28). The van der Waals surface area contributed by atoms with Crippen molar-refractivity contribution < 1.29 is 23.4 Å². The molecule has 9 heteroatoms. The number of hydrogen-bond donors (Lipinski definition) is 2. The second kappa shape index (κ2) is 9.75. The topological polar surface area (TPSA) is 74.7 Å². The van der Waals surface area contributed by atoms with Crippen LogP contribution in [0.4, 0.5) is 13.9 Å². The molecule has 1 aromatic heterocycles. The van der Waals surface area contributed by atoms with Crippen LogP contribution in [-0.2, 0) is 4.79 Å². The lowest BCUT2D eigenvalue weighted by Gasteiger charge is -2.26. The van der Waals surface area contributed by atoms with E-state index in [1.165, 1.54) is 17.4 Å². The summed E-state index contributed by atoms with van der Waals surface area (Å²) in [6.45, 7) is -0.134. The highest BCUT2D eigenvalue weighted by atomic mass is 32.1. The number of thiazole rings is 1. The minimum atomic E-state index is -0.957. The maximum Gasteiger partial charge on any atom is 0.240 e. The van der Waals surface area contributed by atoms with Crippen LogP contribution < -0.4 is 10.1 Å². The Labute approximate surface area is 176 Å². The van der Waals surface area contributed by atoms with Gasteiger partial charge in [-0.05, 0) is 42.9 Å². The van der Waals surface area contributed by atoms with Gasteiger partial charge in [-0.1, -0.05) is 12.1 Å². The zero-order valence-corrected chi connectivity index (χ0v) is 17.2. The first-order valence-electron chi connectivity index (χ1n) is 9.07. The molecule has 0 aliphatic rings. The zero-order valence-electron chi connectivity index (χ0n) is 16.4. The van der Waals surface area contributed by atoms with E-state index in [1.54, 1.807) is 36.6 Å². The number of carbonyl (C=O) groups excluding carboxylic acids is 1. The first kappa shape index (κ1) is 21.8. The molecule has 30 heavy (non-hydrogen) atoms. The second-order valence-electron chi connectivity index (χ2n) is 6.60. The van der Waals surface area contributed by atoms with Gasteiger partial charge < -0.3 is 15.2 Å². The number of hydrogen-bond acceptors (Lipinski definition) is 6. The van der Waals surface area contributed by atoms with E-state index < -0.39 is 11.6 Å². The van der Waals surface area contributed by atoms with E-state index in [0.29, 0.717) is 22.1 Å². The third kappa shape index (κ3) is 5.18. The Bertz CT molecular complexity index is 1010. The number of aliphatic hydroxyl groups is 1. The molecule has 0 aliphatic heterocycles. The normalized spacial score (nSPS) is 12.1. The number of nitrogens with one attached hydrogen (secondary N) is 1. The number of methoxy groups -OCH3 is 1. The molecule has 6 nitrogen and oxygen atoms in total. The predicted octanol–water partition coefficient (Wildman–Crippen LogP) is 3.70. The van der Waals surface area contributed by atoms with Crippen molar-refractivity contribution in [2.45, 2.75) is 6.04 Å². The predicted molar refractivity (Wildman–Crippen MR) is 112 cm³/mol. The minimum absolute atomic E-state index is 0.0251. The van der Waals surface area contributed by atoms with Gasteiger partial charge in [-0.2, -0.15) is 0 Å². The first-order chi connectivity index (χ1) is 14.4. The monoisotopic (exact) mass is 433 g/mol. The van der Waals surface area contributed by atoms with Crippen LogP contribution >= 0.6 is 11.3 Å². The van der Waals surface area contributed by atoms with Crippen molar-refractivity contribution >= 4 is 22.4 Å². The fourth-order valence-electron chi connectivity index (χ4n) is 2.94. The summed E-state index contributed by atoms with van der Waals surface area (Å²) in [6, 6.07) is 10.4. The number of benzene rings is 2. The van der Waals surface area contributed by atoms with Gasteiger partial charge in [0, 0.05) is 10.9 Å². The van der Waals surface area contributed by atoms with Gasteiger partial charge in [0.05, 0.1) is 32.0 Å². The lowest BCUT2D eigenvalue weighted by Crippen LogP contribution is -2.34. The Kier molecular flexibility index (Phi) is 7.09. The summed E-state index contributed by atoms with van der Waals surface area (Å²) >= 11 is 1.18. The Balaban J connectivity index is 1.62. The van der Waals surface area contributed by atoms with Crippen LogP contribution in [0.3, 0.4) is 0 Å². The summed E-state index contributed by atoms with van der Waals surface area (Å²) < 4.78 is 31.6. The van der Waals surface area contributed by atoms with E-state index in [2.05, 4.69) is 10.3 Å². The molecule has 3 aromatic rings. The van der Waals surface area contributed by atoms with Gasteiger partial charge in [0.15, 0.2) is 16.8 Å². The summed E-state index contributed by atoms with van der Waals surface area (Å²) in [6.07, 6.45) is 0. The van der Waals surface area contributed by atoms with Crippen molar-refractivity contribution in [1.29, 1.82) is 0 Å². The third-order valence-corrected chi connectivity index (χ3v) is 5.32. The number of nitrogens with zero attached hydrogens (tertiary/aromatic N) is 2. The summed E-state index contributed by atoms with van der Waals surface area (Å²) in [7, 11) is 3.31. The fraction of sp³-hybridized carbons (Fsp3) is 0.238. The molecule has 0 bridgehead atoms. The molecule has 158 valence electrons. The van der Waals surface area contributed by atoms with Crippen molar-refractivity contribution in [1.82, 2.24) is 9.88 Å². The first-order valence-corrected chi connectivity index (χ1v) is 9.95. The van der Waals surface area contributed by atoms with Crippen molar-refractivity contribution in [3.8, 4) is 17.0 Å². The molecular weight excluding hydrogens is 412 g/mol. The van der Waals surface area contributed by atoms with E-state index in [4.69, 9.17) is 4.74 Å². The van der Waals surface area contributed by atoms with Crippen LogP contribution in [0.25, 0.3) is 11.3 Å². The number of amides is 1. The van der Waals surface area contributed by atoms with Crippen molar-refractivity contribution in [3.63, 3.8) is 0 Å². The number of carbonyl (C=O) groups is 1. The molecule has 2 aromatic carbocycles. The SMILES string of the molecule is COc1ccc(C(CO)N(C)CC(=O)Nc2nc(-c3ccc(F)c(F)c3)cs2)cc1. The molecule has 0 saturated carbocycles. The van der Waals surface area contributed by atoms with Gasteiger partial charge >= 0.3 is 0 Å². The molecule has 3 rings (SSSR count). The maximum absolute atomic E-state index is 13.4. The van der Waals surface area contributed by atoms with Crippen LogP contribution in [0.1, 0.15) is 11.6 Å². The number of likely N-dealkylation sites (N-methyl/N-ethyl adjacent to an activating group) is 1. The van der Waals surface area contributed by atoms with E-state index in [1.807, 2.05) is 12.1 Å². The molecular formula is C21H21F2N3O3S. The summed E-state index contributed by atoms with van der Waals surface area (Å²) in [4.78, 5) is 18.4. The zero-order chi connectivity index (χ0) is 21.7. The summed E-state index contributed by atoms with van der Waals surface area (Å²) in [5.74, 6) is -1.49. The van der Waals surface area contributed by atoms with E-state index in [9.17, 15) is 18.7 Å². The summed E-state index contributed by atoms with van der Waals surface area (Å²) in [5, 5.41) is 14.5. The fourth-order valence-corrected chi connectivity index (χ4v) is 3.68. The highest BCUT2D eigenvalue weighted by molar-refractivity contribution is 7.14. The van der Waals surface area contributed by atoms with Crippen LogP contribution in [0.15, 0.2) is 47.8 Å². The van der Waals surface area contributed by atoms with Gasteiger partial charge in [0.1, 0.15) is 5.75 Å². The highest BCUT2D eigenvalue weighted by Gasteiger charge is 2.19. The number of rotatable bonds is 8. The molecule has 0 spiro atoms. The number of aromatic nitrogens is 1. The Morgan fingerprint density at radius 1 is 1.23 bits per heavy atom. The molecule has 1 unspecified atom stereocenters. The van der Waals surface area contributed by atoms with Gasteiger partial charge in [0.2, 0.25) is 5.91 Å². The molecule has 0 aliphatic carbocycles. The number of aliphatic hydroxyl groups excluding tert-OH is 1. The highest BCUT2D eigenvalue weighted by Crippen LogP contribution is 2.26. The molecule has 1 amide bonds. The molecule has 1 heterocycles. The van der Waals surface area contributed by atoms with Gasteiger partial charge in [-0.15, -0.1) is 11.3 Å². The Morgan fingerprint density at radius 2 is 1.97 bits per heavy atom. The lowest BCUT2D eigenvalue weighted by atomic mass is 10.1. The number of ether oxygens (including phenoxy) is 1. The number of halogens is 2. The van der Waals surface area contributed by atoms with Gasteiger partial charge in [0.25, 0.3) is 0 Å². The smallest absolute Gasteiger partial charge is 0.240 e. The van der Waals surface area contributed by atoms with Crippen molar-refractivity contribution in [2.75, 3.05) is 32.6 Å². The number of anilines is 1. The molecule has 0 radical (unpaired) electrons. The largest absolute Gasteiger partial charge is 0.497 e. The van der Waals surface area contributed by atoms with Crippen LogP contribution in [0.2, 0.25) is 0 Å². The van der Waals surface area contributed by atoms with Crippen LogP contribution in [0.5, 0.6) is 5.75 Å². The van der Waals surface area contributed by atoms with E-state index in [0.717, 1.165) is 17.7 Å². The van der Waals surface area contributed by atoms with Crippen LogP contribution in [0, 0.1) is 11.6 Å². The Morgan fingerprint density at radius 3 is 2.60 bits per heavy atom. The molecule has 0 fully saturated rings. The van der Waals surface area contributed by atoms with Crippen molar-refractivity contribution in [2.24, 2.45) is 0 Å². The van der Waals surface area contributed by atoms with Crippen molar-refractivity contribution in [3.05, 3.63) is 65.0 Å². The average molecular weight is 433 g/mol. The second-order valence-corrected chi connectivity index (χ2v) is 7.46. The molecule has 0 saturated heterocycles. The molecule has 2 N–H and O–H groups in total. The van der Waals surface area contributed by atoms with E-state index in [-0.39, 0.29) is 25.1 Å². The van der Waals surface area contributed by atoms with E-state index >= 15 is 0 Å².